The number of carbonyl (C=O) groups is 2. The van der Waals surface area contributed by atoms with Crippen LogP contribution in [0.2, 0.25) is 0 Å². The van der Waals surface area contributed by atoms with Crippen molar-refractivity contribution in [3.05, 3.63) is 0 Å². The Bertz CT molecular complexity index is 650. The van der Waals surface area contributed by atoms with Gasteiger partial charge in [0.25, 0.3) is 5.91 Å². The first-order valence-electron chi connectivity index (χ1n) is 8.77. The van der Waals surface area contributed by atoms with Crippen molar-refractivity contribution in [3.8, 4) is 0 Å². The van der Waals surface area contributed by atoms with Gasteiger partial charge in [-0.2, -0.15) is 13.5 Å². The molecule has 0 aliphatic carbocycles. The average Bonchev–Trinajstić information content (AvgIpc) is 2.77. The SMILES string of the molecule is O=C([C@@H]1CC[C@@H]2CN1C(=O)N2OS(=O)(=O)O)N(O)C[C@@H]1CCCCCN1. The van der Waals surface area contributed by atoms with E-state index in [1.165, 1.54) is 4.90 Å². The number of hydrogen-bond donors (Lipinski definition) is 3. The summed E-state index contributed by atoms with van der Waals surface area (Å²) in [4.78, 5) is 26.1. The molecule has 3 amide bonds. The first-order chi connectivity index (χ1) is 12.3. The Balaban J connectivity index is 1.62. The topological polar surface area (TPSA) is 140 Å². The zero-order valence-corrected chi connectivity index (χ0v) is 15.1. The molecule has 12 heteroatoms. The van der Waals surface area contributed by atoms with Crippen molar-refractivity contribution < 1.29 is 32.1 Å². The Labute approximate surface area is 151 Å². The first kappa shape index (κ1) is 19.3. The van der Waals surface area contributed by atoms with Crippen LogP contribution in [0, 0.1) is 0 Å². The van der Waals surface area contributed by atoms with Gasteiger partial charge in [0.2, 0.25) is 0 Å². The fraction of sp³-hybridized carbons (Fsp3) is 0.857. The minimum atomic E-state index is -4.83. The predicted octanol–water partition coefficient (Wildman–Crippen LogP) is -0.261. The van der Waals surface area contributed by atoms with E-state index in [4.69, 9.17) is 4.55 Å². The summed E-state index contributed by atoms with van der Waals surface area (Å²) in [6, 6.07) is -2.27. The molecule has 148 valence electrons. The van der Waals surface area contributed by atoms with E-state index in [0.717, 1.165) is 32.2 Å². The smallest absolute Gasteiger partial charge is 0.312 e. The van der Waals surface area contributed by atoms with Gasteiger partial charge in [-0.25, -0.2) is 9.86 Å². The highest BCUT2D eigenvalue weighted by atomic mass is 32.3. The minimum Gasteiger partial charge on any atom is -0.312 e. The number of nitrogens with zero attached hydrogens (tertiary/aromatic N) is 3. The second-order valence-corrected chi connectivity index (χ2v) is 7.94. The predicted molar refractivity (Wildman–Crippen MR) is 87.1 cm³/mol. The van der Waals surface area contributed by atoms with Gasteiger partial charge in [0.1, 0.15) is 6.04 Å². The van der Waals surface area contributed by atoms with Crippen LogP contribution in [0.25, 0.3) is 0 Å². The standard InChI is InChI=1S/C14H24N4O7S/c19-13(17(21)8-10-4-2-1-3-7-15-10)12-6-5-11-9-16(12)14(20)18(11)25-26(22,23)24/h10-12,15,21H,1-9H2,(H,22,23,24)/t10-,11+,12-/m0/s1. The Morgan fingerprint density at radius 1 is 1.27 bits per heavy atom. The molecule has 11 nitrogen and oxygen atoms in total. The third-order valence-electron chi connectivity index (χ3n) is 5.09. The van der Waals surface area contributed by atoms with E-state index in [1.54, 1.807) is 0 Å². The first-order valence-corrected chi connectivity index (χ1v) is 10.1. The number of urea groups is 1. The summed E-state index contributed by atoms with van der Waals surface area (Å²) in [5, 5.41) is 14.7. The molecule has 26 heavy (non-hydrogen) atoms. The van der Waals surface area contributed by atoms with Gasteiger partial charge in [-0.05, 0) is 32.2 Å². The summed E-state index contributed by atoms with van der Waals surface area (Å²) in [6.45, 7) is 1.07. The van der Waals surface area contributed by atoms with Gasteiger partial charge in [-0.1, -0.05) is 12.8 Å². The summed E-state index contributed by atoms with van der Waals surface area (Å²) in [5.41, 5.74) is 0. The molecule has 3 atom stereocenters. The Morgan fingerprint density at radius 3 is 2.77 bits per heavy atom. The van der Waals surface area contributed by atoms with Crippen molar-refractivity contribution in [2.75, 3.05) is 19.6 Å². The molecule has 0 aromatic heterocycles. The zero-order valence-electron chi connectivity index (χ0n) is 14.3. The molecule has 3 N–H and O–H groups in total. The van der Waals surface area contributed by atoms with Crippen LogP contribution in [0.3, 0.4) is 0 Å². The van der Waals surface area contributed by atoms with E-state index in [9.17, 15) is 23.2 Å². The summed E-state index contributed by atoms with van der Waals surface area (Å²) in [5.74, 6) is -0.600. The largest absolute Gasteiger partial charge is 0.418 e. The molecule has 3 fully saturated rings. The van der Waals surface area contributed by atoms with Crippen LogP contribution in [-0.2, 0) is 19.5 Å². The molecule has 0 saturated carbocycles. The summed E-state index contributed by atoms with van der Waals surface area (Å²) >= 11 is 0. The van der Waals surface area contributed by atoms with Crippen molar-refractivity contribution >= 4 is 22.3 Å². The van der Waals surface area contributed by atoms with Gasteiger partial charge in [-0.3, -0.25) is 14.6 Å². The van der Waals surface area contributed by atoms with Crippen LogP contribution < -0.4 is 5.32 Å². The summed E-state index contributed by atoms with van der Waals surface area (Å²) in [6.07, 6.45) is 4.65. The highest BCUT2D eigenvalue weighted by Gasteiger charge is 2.50. The molecule has 2 bridgehead atoms. The fourth-order valence-electron chi connectivity index (χ4n) is 3.82. The van der Waals surface area contributed by atoms with E-state index in [1.807, 2.05) is 0 Å². The third-order valence-corrected chi connectivity index (χ3v) is 5.44. The monoisotopic (exact) mass is 392 g/mol. The van der Waals surface area contributed by atoms with Gasteiger partial charge in [0.05, 0.1) is 12.6 Å². The maximum Gasteiger partial charge on any atom is 0.418 e. The lowest BCUT2D eigenvalue weighted by Crippen LogP contribution is -2.52. The van der Waals surface area contributed by atoms with Gasteiger partial charge in [0.15, 0.2) is 0 Å². The highest BCUT2D eigenvalue weighted by molar-refractivity contribution is 7.80. The molecule has 3 saturated heterocycles. The Morgan fingerprint density at radius 2 is 2.04 bits per heavy atom. The maximum atomic E-state index is 12.6. The lowest BCUT2D eigenvalue weighted by atomic mass is 10.00. The molecule has 0 aromatic carbocycles. The lowest BCUT2D eigenvalue weighted by molar-refractivity contribution is -0.172. The van der Waals surface area contributed by atoms with Gasteiger partial charge < -0.3 is 10.2 Å². The van der Waals surface area contributed by atoms with E-state index in [-0.39, 0.29) is 25.6 Å². The molecule has 0 radical (unpaired) electrons. The van der Waals surface area contributed by atoms with Gasteiger partial charge in [-0.15, -0.1) is 4.28 Å². The maximum absolute atomic E-state index is 12.6. The van der Waals surface area contributed by atoms with Crippen molar-refractivity contribution in [2.45, 2.75) is 56.7 Å². The van der Waals surface area contributed by atoms with Gasteiger partial charge >= 0.3 is 16.4 Å². The van der Waals surface area contributed by atoms with Crippen molar-refractivity contribution in [3.63, 3.8) is 0 Å². The van der Waals surface area contributed by atoms with Crippen molar-refractivity contribution in [2.24, 2.45) is 0 Å². The lowest BCUT2D eigenvalue weighted by Gasteiger charge is -2.32. The normalized spacial score (nSPS) is 29.6. The number of hydrogen-bond acceptors (Lipinski definition) is 7. The molecule has 0 spiro atoms. The van der Waals surface area contributed by atoms with Crippen LogP contribution in [0.15, 0.2) is 0 Å². The van der Waals surface area contributed by atoms with E-state index >= 15 is 0 Å². The number of nitrogens with one attached hydrogen (secondary N) is 1. The Hall–Kier alpha value is -1.47. The van der Waals surface area contributed by atoms with Crippen LogP contribution in [0.1, 0.15) is 38.5 Å². The van der Waals surface area contributed by atoms with E-state index < -0.39 is 34.4 Å². The number of carbonyl (C=O) groups excluding carboxylic acids is 2. The third kappa shape index (κ3) is 4.26. The summed E-state index contributed by atoms with van der Waals surface area (Å²) in [7, 11) is -4.83. The molecule has 0 aromatic rings. The second-order valence-electron chi connectivity index (χ2n) is 6.93. The van der Waals surface area contributed by atoms with Crippen molar-refractivity contribution in [1.82, 2.24) is 20.3 Å². The second kappa shape index (κ2) is 7.64. The fourth-order valence-corrected chi connectivity index (χ4v) is 4.20. The molecule has 3 rings (SSSR count). The quantitative estimate of drug-likeness (QED) is 0.330. The molecular weight excluding hydrogens is 368 g/mol. The van der Waals surface area contributed by atoms with Crippen LogP contribution in [-0.4, -0.2) is 82.9 Å². The van der Waals surface area contributed by atoms with Gasteiger partial charge in [0, 0.05) is 12.6 Å². The number of amides is 3. The number of piperidine rings is 1. The van der Waals surface area contributed by atoms with Crippen LogP contribution in [0.5, 0.6) is 0 Å². The molecule has 3 aliphatic heterocycles. The highest BCUT2D eigenvalue weighted by Crippen LogP contribution is 2.31. The molecule has 3 aliphatic rings. The molecule has 0 unspecified atom stereocenters. The molecule has 3 heterocycles. The summed E-state index contributed by atoms with van der Waals surface area (Å²) < 4.78 is 34.9. The van der Waals surface area contributed by atoms with Crippen LogP contribution in [0.4, 0.5) is 4.79 Å². The van der Waals surface area contributed by atoms with Crippen LogP contribution >= 0.6 is 0 Å². The average molecular weight is 392 g/mol. The van der Waals surface area contributed by atoms with E-state index in [2.05, 4.69) is 9.60 Å². The van der Waals surface area contributed by atoms with E-state index in [0.29, 0.717) is 16.5 Å². The number of hydroxylamine groups is 4. The molecular formula is C14H24N4O7S. The number of rotatable bonds is 5. The Kier molecular flexibility index (Phi) is 5.67. The zero-order chi connectivity index (χ0) is 18.9. The minimum absolute atomic E-state index is 0.00330. The number of fused-ring (bicyclic) bond motifs is 2. The van der Waals surface area contributed by atoms with Crippen molar-refractivity contribution in [1.29, 1.82) is 0 Å².